The number of pyridine rings is 1. The number of carbonyl (C=O) groups is 1. The molecule has 4 heteroatoms. The van der Waals surface area contributed by atoms with E-state index in [4.69, 9.17) is 0 Å². The SMILES string of the molecule is CC1CNCC1C(=O)Nc1ccncc1. The van der Waals surface area contributed by atoms with E-state index in [0.717, 1.165) is 18.8 Å². The summed E-state index contributed by atoms with van der Waals surface area (Å²) >= 11 is 0. The molecule has 0 aromatic carbocycles. The summed E-state index contributed by atoms with van der Waals surface area (Å²) in [6, 6.07) is 3.59. The van der Waals surface area contributed by atoms with Crippen LogP contribution in [0.25, 0.3) is 0 Å². The average Bonchev–Trinajstić information content (AvgIpc) is 2.66. The summed E-state index contributed by atoms with van der Waals surface area (Å²) in [6.07, 6.45) is 3.35. The third-order valence-electron chi connectivity index (χ3n) is 2.80. The highest BCUT2D eigenvalue weighted by molar-refractivity contribution is 5.93. The van der Waals surface area contributed by atoms with Crippen LogP contribution in [0.4, 0.5) is 5.69 Å². The zero-order valence-electron chi connectivity index (χ0n) is 8.73. The van der Waals surface area contributed by atoms with Gasteiger partial charge in [-0.1, -0.05) is 6.92 Å². The lowest BCUT2D eigenvalue weighted by molar-refractivity contribution is -0.120. The van der Waals surface area contributed by atoms with Gasteiger partial charge in [-0.25, -0.2) is 0 Å². The maximum Gasteiger partial charge on any atom is 0.229 e. The van der Waals surface area contributed by atoms with Gasteiger partial charge in [0.05, 0.1) is 5.92 Å². The molecule has 1 aromatic rings. The van der Waals surface area contributed by atoms with Gasteiger partial charge >= 0.3 is 0 Å². The van der Waals surface area contributed by atoms with Crippen molar-refractivity contribution in [1.29, 1.82) is 0 Å². The molecule has 1 fully saturated rings. The third kappa shape index (κ3) is 2.33. The molecule has 0 bridgehead atoms. The second kappa shape index (κ2) is 4.40. The first-order valence-corrected chi connectivity index (χ1v) is 5.19. The van der Waals surface area contributed by atoms with Crippen LogP contribution in [-0.2, 0) is 4.79 Å². The van der Waals surface area contributed by atoms with E-state index < -0.39 is 0 Å². The Kier molecular flexibility index (Phi) is 2.97. The molecule has 1 aliphatic heterocycles. The first-order valence-electron chi connectivity index (χ1n) is 5.19. The van der Waals surface area contributed by atoms with E-state index >= 15 is 0 Å². The Morgan fingerprint density at radius 1 is 1.47 bits per heavy atom. The highest BCUT2D eigenvalue weighted by Crippen LogP contribution is 2.17. The van der Waals surface area contributed by atoms with Crippen LogP contribution >= 0.6 is 0 Å². The van der Waals surface area contributed by atoms with Crippen molar-refractivity contribution in [2.45, 2.75) is 6.92 Å². The molecule has 0 aliphatic carbocycles. The van der Waals surface area contributed by atoms with Gasteiger partial charge in [-0.3, -0.25) is 9.78 Å². The van der Waals surface area contributed by atoms with Gasteiger partial charge < -0.3 is 10.6 Å². The molecule has 4 nitrogen and oxygen atoms in total. The molecule has 1 aromatic heterocycles. The lowest BCUT2D eigenvalue weighted by Crippen LogP contribution is -2.27. The molecule has 2 rings (SSSR count). The summed E-state index contributed by atoms with van der Waals surface area (Å²) in [5.74, 6) is 0.587. The number of anilines is 1. The van der Waals surface area contributed by atoms with Crippen LogP contribution < -0.4 is 10.6 Å². The maximum absolute atomic E-state index is 11.9. The van der Waals surface area contributed by atoms with Crippen LogP contribution in [0, 0.1) is 11.8 Å². The number of rotatable bonds is 2. The first-order chi connectivity index (χ1) is 7.27. The van der Waals surface area contributed by atoms with Crippen LogP contribution in [0.5, 0.6) is 0 Å². The zero-order chi connectivity index (χ0) is 10.7. The summed E-state index contributed by atoms with van der Waals surface area (Å²) in [5.41, 5.74) is 0.814. The van der Waals surface area contributed by atoms with E-state index in [2.05, 4.69) is 22.5 Å². The van der Waals surface area contributed by atoms with Crippen molar-refractivity contribution in [2.75, 3.05) is 18.4 Å². The van der Waals surface area contributed by atoms with E-state index in [1.54, 1.807) is 24.5 Å². The number of amides is 1. The number of nitrogens with zero attached hydrogens (tertiary/aromatic N) is 1. The minimum Gasteiger partial charge on any atom is -0.326 e. The number of nitrogens with one attached hydrogen (secondary N) is 2. The molecular weight excluding hydrogens is 190 g/mol. The topological polar surface area (TPSA) is 54.0 Å². The van der Waals surface area contributed by atoms with E-state index in [9.17, 15) is 4.79 Å². The quantitative estimate of drug-likeness (QED) is 0.753. The molecule has 1 saturated heterocycles. The van der Waals surface area contributed by atoms with Crippen molar-refractivity contribution >= 4 is 11.6 Å². The molecule has 0 radical (unpaired) electrons. The van der Waals surface area contributed by atoms with Crippen molar-refractivity contribution in [3.63, 3.8) is 0 Å². The Morgan fingerprint density at radius 2 is 2.20 bits per heavy atom. The molecule has 2 heterocycles. The minimum atomic E-state index is 0.0816. The number of aromatic nitrogens is 1. The standard InChI is InChI=1S/C11H15N3O/c1-8-6-13-7-10(8)11(15)14-9-2-4-12-5-3-9/h2-5,8,10,13H,6-7H2,1H3,(H,12,14,15). The van der Waals surface area contributed by atoms with Gasteiger partial charge in [-0.15, -0.1) is 0 Å². The van der Waals surface area contributed by atoms with Gasteiger partial charge in [-0.2, -0.15) is 0 Å². The number of hydrogen-bond donors (Lipinski definition) is 2. The Balaban J connectivity index is 1.98. The fourth-order valence-electron chi connectivity index (χ4n) is 1.83. The summed E-state index contributed by atoms with van der Waals surface area (Å²) < 4.78 is 0. The van der Waals surface area contributed by atoms with Crippen molar-refractivity contribution in [3.05, 3.63) is 24.5 Å². The number of carbonyl (C=O) groups excluding carboxylic acids is 1. The van der Waals surface area contributed by atoms with E-state index in [-0.39, 0.29) is 11.8 Å². The lowest BCUT2D eigenvalue weighted by Gasteiger charge is -2.13. The molecule has 2 N–H and O–H groups in total. The Hall–Kier alpha value is -1.42. The molecule has 2 atom stereocenters. The molecule has 80 valence electrons. The van der Waals surface area contributed by atoms with E-state index in [0.29, 0.717) is 5.92 Å². The van der Waals surface area contributed by atoms with E-state index in [1.807, 2.05) is 0 Å². The van der Waals surface area contributed by atoms with E-state index in [1.165, 1.54) is 0 Å². The predicted molar refractivity (Wildman–Crippen MR) is 58.4 cm³/mol. The Bertz CT molecular complexity index is 339. The summed E-state index contributed by atoms with van der Waals surface area (Å²) in [7, 11) is 0. The second-order valence-corrected chi connectivity index (χ2v) is 3.97. The van der Waals surface area contributed by atoms with Crippen LogP contribution in [0.1, 0.15) is 6.92 Å². The van der Waals surface area contributed by atoms with Crippen molar-refractivity contribution in [3.8, 4) is 0 Å². The summed E-state index contributed by atoms with van der Waals surface area (Å²) in [5, 5.41) is 6.11. The van der Waals surface area contributed by atoms with Crippen molar-refractivity contribution in [2.24, 2.45) is 11.8 Å². The first kappa shape index (κ1) is 10.1. The van der Waals surface area contributed by atoms with Crippen LogP contribution in [0.3, 0.4) is 0 Å². The molecular formula is C11H15N3O. The van der Waals surface area contributed by atoms with Gasteiger partial charge in [0.15, 0.2) is 0 Å². The predicted octanol–water partition coefficient (Wildman–Crippen LogP) is 0.876. The summed E-state index contributed by atoms with van der Waals surface area (Å²) in [4.78, 5) is 15.8. The van der Waals surface area contributed by atoms with Gasteiger partial charge in [0.1, 0.15) is 0 Å². The fourth-order valence-corrected chi connectivity index (χ4v) is 1.83. The largest absolute Gasteiger partial charge is 0.326 e. The monoisotopic (exact) mass is 205 g/mol. The van der Waals surface area contributed by atoms with Gasteiger partial charge in [0.25, 0.3) is 0 Å². The van der Waals surface area contributed by atoms with Crippen LogP contribution in [-0.4, -0.2) is 24.0 Å². The third-order valence-corrected chi connectivity index (χ3v) is 2.80. The minimum absolute atomic E-state index is 0.0816. The van der Waals surface area contributed by atoms with Crippen LogP contribution in [0.15, 0.2) is 24.5 Å². The molecule has 15 heavy (non-hydrogen) atoms. The lowest BCUT2D eigenvalue weighted by atomic mass is 9.97. The molecule has 0 spiro atoms. The highest BCUT2D eigenvalue weighted by atomic mass is 16.1. The van der Waals surface area contributed by atoms with Crippen molar-refractivity contribution < 1.29 is 4.79 Å². The molecule has 1 amide bonds. The molecule has 2 unspecified atom stereocenters. The summed E-state index contributed by atoms with van der Waals surface area (Å²) in [6.45, 7) is 3.79. The smallest absolute Gasteiger partial charge is 0.229 e. The Morgan fingerprint density at radius 3 is 2.80 bits per heavy atom. The van der Waals surface area contributed by atoms with Gasteiger partial charge in [-0.05, 0) is 24.6 Å². The average molecular weight is 205 g/mol. The normalized spacial score (nSPS) is 25.1. The highest BCUT2D eigenvalue weighted by Gasteiger charge is 2.29. The van der Waals surface area contributed by atoms with Gasteiger partial charge in [0, 0.05) is 24.6 Å². The molecule has 0 saturated carbocycles. The van der Waals surface area contributed by atoms with Crippen LogP contribution in [0.2, 0.25) is 0 Å². The van der Waals surface area contributed by atoms with Gasteiger partial charge in [0.2, 0.25) is 5.91 Å². The second-order valence-electron chi connectivity index (χ2n) is 3.97. The fraction of sp³-hybridized carbons (Fsp3) is 0.455. The number of hydrogen-bond acceptors (Lipinski definition) is 3. The zero-order valence-corrected chi connectivity index (χ0v) is 8.73. The van der Waals surface area contributed by atoms with Crippen molar-refractivity contribution in [1.82, 2.24) is 10.3 Å². The molecule has 1 aliphatic rings. The Labute approximate surface area is 89.1 Å². The maximum atomic E-state index is 11.9.